The number of nitrogens with one attached hydrogen (secondary N) is 1. The molecule has 3 N–H and O–H groups in total. The Morgan fingerprint density at radius 1 is 1.47 bits per heavy atom. The van der Waals surface area contributed by atoms with E-state index < -0.39 is 0 Å². The standard InChI is InChI=1S/C12H21N3OS/c1-7(2)5-10-12(17-9(4)14-10)15-11(16)8(3)6-13/h7-8H,5-6,13H2,1-4H3,(H,15,16). The van der Waals surface area contributed by atoms with E-state index >= 15 is 0 Å². The largest absolute Gasteiger partial charge is 0.330 e. The molecule has 0 saturated heterocycles. The molecule has 0 aromatic carbocycles. The smallest absolute Gasteiger partial charge is 0.229 e. The highest BCUT2D eigenvalue weighted by molar-refractivity contribution is 7.16. The molecule has 0 aliphatic heterocycles. The van der Waals surface area contributed by atoms with Crippen molar-refractivity contribution in [3.05, 3.63) is 10.7 Å². The summed E-state index contributed by atoms with van der Waals surface area (Å²) in [6, 6.07) is 0. The molecule has 1 atom stereocenters. The Morgan fingerprint density at radius 3 is 2.65 bits per heavy atom. The van der Waals surface area contributed by atoms with Crippen LogP contribution < -0.4 is 11.1 Å². The van der Waals surface area contributed by atoms with E-state index in [2.05, 4.69) is 24.1 Å². The van der Waals surface area contributed by atoms with Crippen LogP contribution in [0.2, 0.25) is 0 Å². The Balaban J connectivity index is 2.79. The van der Waals surface area contributed by atoms with Crippen LogP contribution in [0, 0.1) is 18.8 Å². The predicted octanol–water partition coefficient (Wildman–Crippen LogP) is 2.18. The van der Waals surface area contributed by atoms with Gasteiger partial charge in [0, 0.05) is 12.5 Å². The van der Waals surface area contributed by atoms with Gasteiger partial charge in [-0.15, -0.1) is 11.3 Å². The van der Waals surface area contributed by atoms with Crippen LogP contribution in [0.4, 0.5) is 5.00 Å². The van der Waals surface area contributed by atoms with E-state index in [1.165, 1.54) is 11.3 Å². The van der Waals surface area contributed by atoms with E-state index in [0.29, 0.717) is 12.5 Å². The third kappa shape index (κ3) is 4.09. The lowest BCUT2D eigenvalue weighted by atomic mass is 10.1. The van der Waals surface area contributed by atoms with Crippen molar-refractivity contribution >= 4 is 22.2 Å². The fraction of sp³-hybridized carbons (Fsp3) is 0.667. The van der Waals surface area contributed by atoms with Crippen LogP contribution in [0.3, 0.4) is 0 Å². The zero-order chi connectivity index (χ0) is 13.0. The highest BCUT2D eigenvalue weighted by Gasteiger charge is 2.16. The average molecular weight is 255 g/mol. The van der Waals surface area contributed by atoms with Gasteiger partial charge in [-0.1, -0.05) is 20.8 Å². The predicted molar refractivity (Wildman–Crippen MR) is 72.2 cm³/mol. The fourth-order valence-corrected chi connectivity index (χ4v) is 2.28. The first-order valence-electron chi connectivity index (χ1n) is 5.91. The van der Waals surface area contributed by atoms with Crippen molar-refractivity contribution in [1.29, 1.82) is 0 Å². The van der Waals surface area contributed by atoms with E-state index in [4.69, 9.17) is 5.73 Å². The van der Waals surface area contributed by atoms with Crippen LogP contribution in [-0.4, -0.2) is 17.4 Å². The van der Waals surface area contributed by atoms with Crippen LogP contribution in [0.25, 0.3) is 0 Å². The molecule has 4 nitrogen and oxygen atoms in total. The summed E-state index contributed by atoms with van der Waals surface area (Å²) < 4.78 is 0. The molecule has 1 unspecified atom stereocenters. The number of hydrogen-bond acceptors (Lipinski definition) is 4. The highest BCUT2D eigenvalue weighted by atomic mass is 32.1. The van der Waals surface area contributed by atoms with E-state index in [-0.39, 0.29) is 11.8 Å². The van der Waals surface area contributed by atoms with Gasteiger partial charge in [0.15, 0.2) is 0 Å². The quantitative estimate of drug-likeness (QED) is 0.847. The van der Waals surface area contributed by atoms with Gasteiger partial charge < -0.3 is 11.1 Å². The number of thiazole rings is 1. The van der Waals surface area contributed by atoms with Crippen molar-refractivity contribution in [1.82, 2.24) is 4.98 Å². The molecule has 5 heteroatoms. The summed E-state index contributed by atoms with van der Waals surface area (Å²) in [4.78, 5) is 16.2. The number of aromatic nitrogens is 1. The molecular formula is C12H21N3OS. The Morgan fingerprint density at radius 2 is 2.12 bits per heavy atom. The van der Waals surface area contributed by atoms with Crippen LogP contribution in [0.5, 0.6) is 0 Å². The molecule has 17 heavy (non-hydrogen) atoms. The molecular weight excluding hydrogens is 234 g/mol. The maximum Gasteiger partial charge on any atom is 0.229 e. The van der Waals surface area contributed by atoms with Crippen molar-refractivity contribution in [3.8, 4) is 0 Å². The number of rotatable bonds is 5. The first-order chi connectivity index (χ1) is 7.93. The summed E-state index contributed by atoms with van der Waals surface area (Å²) in [6.07, 6.45) is 0.886. The summed E-state index contributed by atoms with van der Waals surface area (Å²) in [6.45, 7) is 8.43. The Bertz CT molecular complexity index is 387. The molecule has 0 saturated carbocycles. The molecule has 0 bridgehead atoms. The summed E-state index contributed by atoms with van der Waals surface area (Å²) in [5.41, 5.74) is 6.46. The Hall–Kier alpha value is -0.940. The number of nitrogens with two attached hydrogens (primary N) is 1. The Kier molecular flexibility index (Phi) is 5.08. The van der Waals surface area contributed by atoms with Gasteiger partial charge in [0.2, 0.25) is 5.91 Å². The summed E-state index contributed by atoms with van der Waals surface area (Å²) in [5.74, 6) is 0.338. The SMILES string of the molecule is Cc1nc(CC(C)C)c(NC(=O)C(C)CN)s1. The Labute approximate surface area is 107 Å². The van der Waals surface area contributed by atoms with Crippen molar-refractivity contribution in [2.75, 3.05) is 11.9 Å². The highest BCUT2D eigenvalue weighted by Crippen LogP contribution is 2.26. The van der Waals surface area contributed by atoms with E-state index in [1.54, 1.807) is 0 Å². The minimum absolute atomic E-state index is 0.0267. The maximum absolute atomic E-state index is 11.8. The first kappa shape index (κ1) is 14.1. The second-order valence-corrected chi connectivity index (χ2v) is 5.94. The molecule has 1 rings (SSSR count). The average Bonchev–Trinajstić information content (AvgIpc) is 2.56. The third-order valence-corrected chi connectivity index (χ3v) is 3.37. The van der Waals surface area contributed by atoms with Crippen molar-refractivity contribution in [2.45, 2.75) is 34.1 Å². The molecule has 0 spiro atoms. The van der Waals surface area contributed by atoms with Crippen molar-refractivity contribution in [2.24, 2.45) is 17.6 Å². The van der Waals surface area contributed by atoms with Gasteiger partial charge in [-0.05, 0) is 19.3 Å². The zero-order valence-corrected chi connectivity index (χ0v) is 11.7. The molecule has 1 aromatic rings. The summed E-state index contributed by atoms with van der Waals surface area (Å²) in [5, 5.41) is 4.78. The normalized spacial score (nSPS) is 12.8. The minimum atomic E-state index is -0.163. The fourth-order valence-electron chi connectivity index (χ4n) is 1.44. The van der Waals surface area contributed by atoms with Gasteiger partial charge in [0.05, 0.1) is 10.7 Å². The van der Waals surface area contributed by atoms with Crippen LogP contribution in [0.1, 0.15) is 31.5 Å². The maximum atomic E-state index is 11.8. The van der Waals surface area contributed by atoms with Crippen molar-refractivity contribution < 1.29 is 4.79 Å². The summed E-state index contributed by atoms with van der Waals surface area (Å²) >= 11 is 1.53. The van der Waals surface area contributed by atoms with Gasteiger partial charge in [-0.3, -0.25) is 4.79 Å². The van der Waals surface area contributed by atoms with E-state index in [9.17, 15) is 4.79 Å². The first-order valence-corrected chi connectivity index (χ1v) is 6.73. The topological polar surface area (TPSA) is 68.0 Å². The number of amides is 1. The molecule has 0 aliphatic rings. The molecule has 0 radical (unpaired) electrons. The van der Waals surface area contributed by atoms with Gasteiger partial charge in [0.1, 0.15) is 5.00 Å². The second kappa shape index (κ2) is 6.12. The number of nitrogens with zero attached hydrogens (tertiary/aromatic N) is 1. The number of anilines is 1. The van der Waals surface area contributed by atoms with Crippen molar-refractivity contribution in [3.63, 3.8) is 0 Å². The number of aryl methyl sites for hydroxylation is 1. The van der Waals surface area contributed by atoms with E-state index in [0.717, 1.165) is 22.1 Å². The molecule has 0 aliphatic carbocycles. The third-order valence-electron chi connectivity index (χ3n) is 2.44. The van der Waals surface area contributed by atoms with Crippen LogP contribution >= 0.6 is 11.3 Å². The number of hydrogen-bond donors (Lipinski definition) is 2. The molecule has 1 amide bonds. The molecule has 0 fully saturated rings. The summed E-state index contributed by atoms with van der Waals surface area (Å²) in [7, 11) is 0. The number of carbonyl (C=O) groups is 1. The van der Waals surface area contributed by atoms with Gasteiger partial charge >= 0.3 is 0 Å². The number of carbonyl (C=O) groups excluding carboxylic acids is 1. The van der Waals surface area contributed by atoms with E-state index in [1.807, 2.05) is 13.8 Å². The molecule has 1 aromatic heterocycles. The molecule has 1 heterocycles. The van der Waals surface area contributed by atoms with Gasteiger partial charge in [-0.25, -0.2) is 4.98 Å². The van der Waals surface area contributed by atoms with Crippen LogP contribution in [-0.2, 0) is 11.2 Å². The second-order valence-electron chi connectivity index (χ2n) is 4.73. The van der Waals surface area contributed by atoms with Gasteiger partial charge in [-0.2, -0.15) is 0 Å². The monoisotopic (exact) mass is 255 g/mol. The lowest BCUT2D eigenvalue weighted by Gasteiger charge is -2.10. The minimum Gasteiger partial charge on any atom is -0.330 e. The lowest BCUT2D eigenvalue weighted by Crippen LogP contribution is -2.26. The van der Waals surface area contributed by atoms with Gasteiger partial charge in [0.25, 0.3) is 0 Å². The zero-order valence-electron chi connectivity index (χ0n) is 10.9. The lowest BCUT2D eigenvalue weighted by molar-refractivity contribution is -0.119. The molecule has 96 valence electrons. The van der Waals surface area contributed by atoms with Crippen LogP contribution in [0.15, 0.2) is 0 Å².